The van der Waals surface area contributed by atoms with E-state index in [1.807, 2.05) is 0 Å². The van der Waals surface area contributed by atoms with Gasteiger partial charge in [0, 0.05) is 17.8 Å². The van der Waals surface area contributed by atoms with E-state index >= 15 is 0 Å². The van der Waals surface area contributed by atoms with E-state index in [0.717, 1.165) is 13.0 Å². The molecule has 0 radical (unpaired) electrons. The Labute approximate surface area is 95.0 Å². The van der Waals surface area contributed by atoms with Crippen molar-refractivity contribution in [1.29, 1.82) is 0 Å². The van der Waals surface area contributed by atoms with Gasteiger partial charge in [0.15, 0.2) is 11.6 Å². The number of nitrogen functional groups attached to an aromatic ring is 1. The van der Waals surface area contributed by atoms with Gasteiger partial charge in [0.1, 0.15) is 6.61 Å². The summed E-state index contributed by atoms with van der Waals surface area (Å²) < 4.78 is 18.9. The summed E-state index contributed by atoms with van der Waals surface area (Å²) in [6, 6.07) is 4.92. The number of hydrogen-bond acceptors (Lipinski definition) is 3. The van der Waals surface area contributed by atoms with Crippen LogP contribution in [0.2, 0.25) is 0 Å². The van der Waals surface area contributed by atoms with Crippen molar-refractivity contribution in [2.24, 2.45) is 0 Å². The largest absolute Gasteiger partial charge is 0.489 e. The summed E-state index contributed by atoms with van der Waals surface area (Å²) in [6.07, 6.45) is 2.31. The molecule has 1 saturated heterocycles. The van der Waals surface area contributed by atoms with E-state index in [1.165, 1.54) is 12.5 Å². The summed E-state index contributed by atoms with van der Waals surface area (Å²) in [4.78, 5) is 2.25. The van der Waals surface area contributed by atoms with Crippen LogP contribution in [0.5, 0.6) is 5.75 Å². The molecular formula is C12H17FN2O. The monoisotopic (exact) mass is 224 g/mol. The van der Waals surface area contributed by atoms with E-state index in [1.54, 1.807) is 12.1 Å². The molecule has 1 aromatic carbocycles. The zero-order valence-electron chi connectivity index (χ0n) is 9.45. The van der Waals surface area contributed by atoms with E-state index in [-0.39, 0.29) is 11.6 Å². The zero-order valence-corrected chi connectivity index (χ0v) is 9.45. The molecule has 88 valence electrons. The van der Waals surface area contributed by atoms with Crippen LogP contribution in [-0.4, -0.2) is 31.1 Å². The molecule has 2 rings (SSSR count). The third-order valence-corrected chi connectivity index (χ3v) is 3.06. The number of nitrogens with zero attached hydrogens (tertiary/aromatic N) is 1. The number of anilines is 1. The van der Waals surface area contributed by atoms with Gasteiger partial charge >= 0.3 is 0 Å². The zero-order chi connectivity index (χ0) is 11.5. The first-order chi connectivity index (χ1) is 7.66. The fourth-order valence-electron chi connectivity index (χ4n) is 2.01. The first kappa shape index (κ1) is 11.2. The van der Waals surface area contributed by atoms with Crippen LogP contribution in [0.1, 0.15) is 12.8 Å². The number of benzene rings is 1. The Morgan fingerprint density at radius 2 is 2.38 bits per heavy atom. The van der Waals surface area contributed by atoms with Crippen LogP contribution in [0.4, 0.5) is 10.1 Å². The smallest absolute Gasteiger partial charge is 0.167 e. The fourth-order valence-corrected chi connectivity index (χ4v) is 2.01. The minimum absolute atomic E-state index is 0.287. The second-order valence-corrected chi connectivity index (χ2v) is 4.28. The average molecular weight is 224 g/mol. The molecule has 4 heteroatoms. The highest BCUT2D eigenvalue weighted by Crippen LogP contribution is 2.21. The Balaban J connectivity index is 1.94. The quantitative estimate of drug-likeness (QED) is 0.797. The first-order valence-electron chi connectivity index (χ1n) is 5.55. The second-order valence-electron chi connectivity index (χ2n) is 4.28. The molecule has 1 unspecified atom stereocenters. The predicted molar refractivity (Wildman–Crippen MR) is 62.0 cm³/mol. The molecule has 1 aliphatic heterocycles. The van der Waals surface area contributed by atoms with Gasteiger partial charge in [-0.15, -0.1) is 0 Å². The van der Waals surface area contributed by atoms with Crippen molar-refractivity contribution in [3.05, 3.63) is 24.0 Å². The number of ether oxygens (including phenoxy) is 1. The van der Waals surface area contributed by atoms with Gasteiger partial charge in [0.25, 0.3) is 0 Å². The summed E-state index contributed by atoms with van der Waals surface area (Å²) >= 11 is 0. The van der Waals surface area contributed by atoms with Crippen LogP contribution in [0, 0.1) is 5.82 Å². The van der Waals surface area contributed by atoms with E-state index in [9.17, 15) is 4.39 Å². The maximum Gasteiger partial charge on any atom is 0.167 e. The highest BCUT2D eigenvalue weighted by Gasteiger charge is 2.21. The number of halogens is 1. The Hall–Kier alpha value is -1.29. The van der Waals surface area contributed by atoms with Gasteiger partial charge in [0.05, 0.1) is 0 Å². The summed E-state index contributed by atoms with van der Waals surface area (Å²) in [6.45, 7) is 1.63. The number of likely N-dealkylation sites (N-methyl/N-ethyl adjacent to an activating group) is 1. The minimum atomic E-state index is -0.388. The van der Waals surface area contributed by atoms with Gasteiger partial charge in [-0.05, 0) is 38.6 Å². The van der Waals surface area contributed by atoms with Gasteiger partial charge in [-0.2, -0.15) is 0 Å². The van der Waals surface area contributed by atoms with Gasteiger partial charge in [-0.1, -0.05) is 0 Å². The number of likely N-dealkylation sites (tertiary alicyclic amines) is 1. The molecule has 16 heavy (non-hydrogen) atoms. The van der Waals surface area contributed by atoms with Crippen molar-refractivity contribution in [3.63, 3.8) is 0 Å². The van der Waals surface area contributed by atoms with E-state index < -0.39 is 0 Å². The topological polar surface area (TPSA) is 38.5 Å². The van der Waals surface area contributed by atoms with Crippen molar-refractivity contribution in [3.8, 4) is 5.75 Å². The molecule has 1 heterocycles. The molecule has 1 aromatic rings. The maximum atomic E-state index is 13.4. The third-order valence-electron chi connectivity index (χ3n) is 3.06. The van der Waals surface area contributed by atoms with Crippen LogP contribution in [-0.2, 0) is 0 Å². The molecule has 0 aliphatic carbocycles. The maximum absolute atomic E-state index is 13.4. The average Bonchev–Trinajstić information content (AvgIpc) is 2.63. The minimum Gasteiger partial charge on any atom is -0.489 e. The second kappa shape index (κ2) is 4.70. The Morgan fingerprint density at radius 1 is 1.56 bits per heavy atom. The summed E-state index contributed by atoms with van der Waals surface area (Å²) in [5, 5.41) is 0. The molecule has 1 fully saturated rings. The number of nitrogens with two attached hydrogens (primary N) is 1. The SMILES string of the molecule is CN1CCCC1COc1ccc(N)cc1F. The molecule has 0 bridgehead atoms. The lowest BCUT2D eigenvalue weighted by Gasteiger charge is -2.19. The van der Waals surface area contributed by atoms with Crippen LogP contribution in [0.3, 0.4) is 0 Å². The molecule has 2 N–H and O–H groups in total. The molecule has 0 saturated carbocycles. The van der Waals surface area contributed by atoms with Crippen LogP contribution in [0.15, 0.2) is 18.2 Å². The Bertz CT molecular complexity index is 370. The van der Waals surface area contributed by atoms with Crippen molar-refractivity contribution in [2.75, 3.05) is 25.9 Å². The Kier molecular flexibility index (Phi) is 3.29. The third kappa shape index (κ3) is 2.44. The van der Waals surface area contributed by atoms with Crippen molar-refractivity contribution in [1.82, 2.24) is 4.90 Å². The molecular weight excluding hydrogens is 207 g/mol. The van der Waals surface area contributed by atoms with E-state index in [4.69, 9.17) is 10.5 Å². The number of hydrogen-bond donors (Lipinski definition) is 1. The molecule has 3 nitrogen and oxygen atoms in total. The molecule has 1 atom stereocenters. The molecule has 0 amide bonds. The predicted octanol–water partition coefficient (Wildman–Crippen LogP) is 1.88. The number of rotatable bonds is 3. The van der Waals surface area contributed by atoms with Crippen LogP contribution < -0.4 is 10.5 Å². The summed E-state index contributed by atoms with van der Waals surface area (Å²) in [7, 11) is 2.07. The normalized spacial score (nSPS) is 21.2. The lowest BCUT2D eigenvalue weighted by molar-refractivity contribution is 0.193. The molecule has 0 aromatic heterocycles. The molecule has 1 aliphatic rings. The molecule has 0 spiro atoms. The standard InChI is InChI=1S/C12H17FN2O/c1-15-6-2-3-10(15)8-16-12-5-4-9(14)7-11(12)13/h4-5,7,10H,2-3,6,8,14H2,1H3. The van der Waals surface area contributed by atoms with Gasteiger partial charge in [-0.25, -0.2) is 4.39 Å². The lowest BCUT2D eigenvalue weighted by Crippen LogP contribution is -2.30. The summed E-state index contributed by atoms with van der Waals surface area (Å²) in [5.41, 5.74) is 5.88. The lowest BCUT2D eigenvalue weighted by atomic mass is 10.2. The highest BCUT2D eigenvalue weighted by molar-refractivity contribution is 5.42. The van der Waals surface area contributed by atoms with Crippen LogP contribution in [0.25, 0.3) is 0 Å². The van der Waals surface area contributed by atoms with Crippen molar-refractivity contribution >= 4 is 5.69 Å². The highest BCUT2D eigenvalue weighted by atomic mass is 19.1. The van der Waals surface area contributed by atoms with Crippen LogP contribution >= 0.6 is 0 Å². The van der Waals surface area contributed by atoms with Gasteiger partial charge < -0.3 is 15.4 Å². The van der Waals surface area contributed by atoms with Crippen molar-refractivity contribution < 1.29 is 9.13 Å². The van der Waals surface area contributed by atoms with Gasteiger partial charge in [0.2, 0.25) is 0 Å². The Morgan fingerprint density at radius 3 is 3.00 bits per heavy atom. The van der Waals surface area contributed by atoms with E-state index in [2.05, 4.69) is 11.9 Å². The summed E-state index contributed by atoms with van der Waals surface area (Å²) in [5.74, 6) is -0.102. The first-order valence-corrected chi connectivity index (χ1v) is 5.55. The van der Waals surface area contributed by atoms with E-state index in [0.29, 0.717) is 18.3 Å². The van der Waals surface area contributed by atoms with Gasteiger partial charge in [-0.3, -0.25) is 0 Å². The van der Waals surface area contributed by atoms with Crippen molar-refractivity contribution in [2.45, 2.75) is 18.9 Å². The fraction of sp³-hybridized carbons (Fsp3) is 0.500.